The molecule has 5 heteroatoms. The van der Waals surface area contributed by atoms with Gasteiger partial charge in [0.1, 0.15) is 0 Å². The van der Waals surface area contributed by atoms with Crippen LogP contribution in [0.2, 0.25) is 0 Å². The molecule has 0 radical (unpaired) electrons. The first-order chi connectivity index (χ1) is 13.1. The maximum absolute atomic E-state index is 12.3. The Morgan fingerprint density at radius 2 is 1.63 bits per heavy atom. The Labute approximate surface area is 159 Å². The van der Waals surface area contributed by atoms with Crippen molar-refractivity contribution < 1.29 is 9.59 Å². The number of benzene rings is 2. The average Bonchev–Trinajstić information content (AvgIpc) is 3.12. The first-order valence-corrected chi connectivity index (χ1v) is 9.36. The molecule has 2 aromatic carbocycles. The van der Waals surface area contributed by atoms with Gasteiger partial charge in [-0.15, -0.1) is 0 Å². The summed E-state index contributed by atoms with van der Waals surface area (Å²) in [6.45, 7) is 5.81. The van der Waals surface area contributed by atoms with Crippen LogP contribution in [-0.4, -0.2) is 41.3 Å². The summed E-state index contributed by atoms with van der Waals surface area (Å²) in [4.78, 5) is 29.7. The summed E-state index contributed by atoms with van der Waals surface area (Å²) >= 11 is 0. The van der Waals surface area contributed by atoms with Crippen molar-refractivity contribution in [2.75, 3.05) is 19.6 Å². The molecule has 0 aliphatic heterocycles. The van der Waals surface area contributed by atoms with E-state index in [0.717, 1.165) is 11.9 Å². The summed E-state index contributed by atoms with van der Waals surface area (Å²) in [6.07, 6.45) is 2.75. The van der Waals surface area contributed by atoms with E-state index in [-0.39, 0.29) is 11.8 Å². The van der Waals surface area contributed by atoms with Crippen molar-refractivity contribution in [3.05, 3.63) is 71.4 Å². The van der Waals surface area contributed by atoms with Gasteiger partial charge in [0.05, 0.1) is 0 Å². The van der Waals surface area contributed by atoms with Crippen LogP contribution in [0.5, 0.6) is 0 Å². The Balaban J connectivity index is 1.57. The van der Waals surface area contributed by atoms with Gasteiger partial charge >= 0.3 is 0 Å². The third-order valence-electron chi connectivity index (χ3n) is 4.80. The lowest BCUT2D eigenvalue weighted by Gasteiger charge is -2.18. The molecule has 0 unspecified atom stereocenters. The monoisotopic (exact) mass is 363 g/mol. The highest BCUT2D eigenvalue weighted by atomic mass is 16.2. The van der Waals surface area contributed by atoms with Crippen LogP contribution in [0.3, 0.4) is 0 Å². The van der Waals surface area contributed by atoms with Crippen LogP contribution >= 0.6 is 0 Å². The average molecular weight is 363 g/mol. The van der Waals surface area contributed by atoms with Gasteiger partial charge < -0.3 is 15.2 Å². The minimum absolute atomic E-state index is 0.00806. The van der Waals surface area contributed by atoms with Crippen molar-refractivity contribution in [3.63, 3.8) is 0 Å². The molecule has 1 aromatic heterocycles. The van der Waals surface area contributed by atoms with Crippen LogP contribution in [0.15, 0.2) is 54.7 Å². The molecule has 2 N–H and O–H groups in total. The normalized spacial score (nSPS) is 10.7. The van der Waals surface area contributed by atoms with Gasteiger partial charge in [0.15, 0.2) is 0 Å². The van der Waals surface area contributed by atoms with Crippen LogP contribution in [0.1, 0.15) is 40.1 Å². The first-order valence-electron chi connectivity index (χ1n) is 9.36. The minimum atomic E-state index is -0.128. The molecule has 1 heterocycles. The largest absolute Gasteiger partial charge is 0.361 e. The Hall–Kier alpha value is -3.08. The van der Waals surface area contributed by atoms with Crippen molar-refractivity contribution in [3.8, 4) is 0 Å². The topological polar surface area (TPSA) is 65.2 Å². The lowest BCUT2D eigenvalue weighted by molar-refractivity contribution is 0.0772. The first kappa shape index (κ1) is 18.7. The molecule has 0 spiro atoms. The maximum Gasteiger partial charge on any atom is 0.253 e. The van der Waals surface area contributed by atoms with Gasteiger partial charge in [-0.25, -0.2) is 0 Å². The number of nitrogens with zero attached hydrogens (tertiary/aromatic N) is 1. The molecule has 5 nitrogen and oxygen atoms in total. The highest BCUT2D eigenvalue weighted by molar-refractivity contribution is 5.97. The highest BCUT2D eigenvalue weighted by Crippen LogP contribution is 2.17. The summed E-state index contributed by atoms with van der Waals surface area (Å²) in [5.74, 6) is -0.136. The summed E-state index contributed by atoms with van der Waals surface area (Å²) in [5.41, 5.74) is 3.46. The smallest absolute Gasteiger partial charge is 0.253 e. The maximum atomic E-state index is 12.3. The van der Waals surface area contributed by atoms with Crippen LogP contribution in [-0.2, 0) is 6.42 Å². The number of fused-ring (bicyclic) bond motifs is 1. The molecule has 3 rings (SSSR count). The number of amides is 2. The van der Waals surface area contributed by atoms with Gasteiger partial charge in [-0.3, -0.25) is 9.59 Å². The van der Waals surface area contributed by atoms with Crippen molar-refractivity contribution >= 4 is 22.7 Å². The van der Waals surface area contributed by atoms with Crippen LogP contribution in [0.4, 0.5) is 0 Å². The Morgan fingerprint density at radius 3 is 2.33 bits per heavy atom. The zero-order valence-corrected chi connectivity index (χ0v) is 15.8. The zero-order chi connectivity index (χ0) is 19.2. The molecule has 3 aromatic rings. The van der Waals surface area contributed by atoms with Gasteiger partial charge in [0, 0.05) is 47.9 Å². The second kappa shape index (κ2) is 8.54. The van der Waals surface area contributed by atoms with Gasteiger partial charge in [-0.05, 0) is 56.2 Å². The van der Waals surface area contributed by atoms with Crippen LogP contribution < -0.4 is 5.32 Å². The second-order valence-corrected chi connectivity index (χ2v) is 6.42. The van der Waals surface area contributed by atoms with Gasteiger partial charge in [0.2, 0.25) is 0 Å². The molecule has 140 valence electrons. The number of para-hydroxylation sites is 1. The Kier molecular flexibility index (Phi) is 5.91. The molecule has 0 fully saturated rings. The van der Waals surface area contributed by atoms with E-state index in [2.05, 4.69) is 16.4 Å². The molecule has 0 atom stereocenters. The quantitative estimate of drug-likeness (QED) is 0.673. The van der Waals surface area contributed by atoms with Crippen molar-refractivity contribution in [2.45, 2.75) is 20.3 Å². The summed E-state index contributed by atoms with van der Waals surface area (Å²) < 4.78 is 0. The molecule has 0 saturated carbocycles. The lowest BCUT2D eigenvalue weighted by Crippen LogP contribution is -2.30. The van der Waals surface area contributed by atoms with E-state index in [0.29, 0.717) is 30.8 Å². The number of carbonyl (C=O) groups is 2. The van der Waals surface area contributed by atoms with Crippen LogP contribution in [0, 0.1) is 0 Å². The molecular formula is C22H25N3O2. The minimum Gasteiger partial charge on any atom is -0.361 e. The SMILES string of the molecule is CCN(CC)C(=O)c1ccc(C(=O)NCCc2c[nH]c3ccccc23)cc1. The molecule has 0 aliphatic carbocycles. The van der Waals surface area contributed by atoms with E-state index < -0.39 is 0 Å². The number of H-pyrrole nitrogens is 1. The lowest BCUT2D eigenvalue weighted by atomic mass is 10.1. The van der Waals surface area contributed by atoms with E-state index >= 15 is 0 Å². The van der Waals surface area contributed by atoms with Crippen LogP contribution in [0.25, 0.3) is 10.9 Å². The van der Waals surface area contributed by atoms with E-state index in [1.807, 2.05) is 38.2 Å². The van der Waals surface area contributed by atoms with Gasteiger partial charge in [-0.2, -0.15) is 0 Å². The van der Waals surface area contributed by atoms with E-state index in [1.165, 1.54) is 10.9 Å². The number of nitrogens with one attached hydrogen (secondary N) is 2. The van der Waals surface area contributed by atoms with Crippen molar-refractivity contribution in [1.29, 1.82) is 0 Å². The fourth-order valence-electron chi connectivity index (χ4n) is 3.21. The molecular weight excluding hydrogens is 338 g/mol. The number of aromatic amines is 1. The second-order valence-electron chi connectivity index (χ2n) is 6.42. The molecule has 2 amide bonds. The fourth-order valence-corrected chi connectivity index (χ4v) is 3.21. The number of hydrogen-bond donors (Lipinski definition) is 2. The molecule has 0 bridgehead atoms. The molecule has 27 heavy (non-hydrogen) atoms. The number of rotatable bonds is 7. The zero-order valence-electron chi connectivity index (χ0n) is 15.8. The number of aromatic nitrogens is 1. The number of carbonyl (C=O) groups excluding carboxylic acids is 2. The van der Waals surface area contributed by atoms with Gasteiger partial charge in [-0.1, -0.05) is 18.2 Å². The summed E-state index contributed by atoms with van der Waals surface area (Å²) in [6, 6.07) is 15.0. The number of hydrogen-bond acceptors (Lipinski definition) is 2. The highest BCUT2D eigenvalue weighted by Gasteiger charge is 2.13. The molecule has 0 aliphatic rings. The Bertz CT molecular complexity index is 924. The van der Waals surface area contributed by atoms with E-state index in [1.54, 1.807) is 29.2 Å². The fraction of sp³-hybridized carbons (Fsp3) is 0.273. The third kappa shape index (κ3) is 4.19. The summed E-state index contributed by atoms with van der Waals surface area (Å²) in [7, 11) is 0. The third-order valence-corrected chi connectivity index (χ3v) is 4.80. The molecule has 0 saturated heterocycles. The van der Waals surface area contributed by atoms with Crippen molar-refractivity contribution in [2.24, 2.45) is 0 Å². The van der Waals surface area contributed by atoms with E-state index in [9.17, 15) is 9.59 Å². The van der Waals surface area contributed by atoms with E-state index in [4.69, 9.17) is 0 Å². The van der Waals surface area contributed by atoms with Gasteiger partial charge in [0.25, 0.3) is 11.8 Å². The van der Waals surface area contributed by atoms with Crippen molar-refractivity contribution in [1.82, 2.24) is 15.2 Å². The Morgan fingerprint density at radius 1 is 0.963 bits per heavy atom. The predicted octanol–water partition coefficient (Wildman–Crippen LogP) is 3.62. The standard InChI is InChI=1S/C22H25N3O2/c1-3-25(4-2)22(27)17-11-9-16(10-12-17)21(26)23-14-13-18-15-24-20-8-6-5-7-19(18)20/h5-12,15,24H,3-4,13-14H2,1-2H3,(H,23,26). The summed E-state index contributed by atoms with van der Waals surface area (Å²) in [5, 5.41) is 4.13. The predicted molar refractivity (Wildman–Crippen MR) is 108 cm³/mol.